The Morgan fingerprint density at radius 1 is 1.36 bits per heavy atom. The summed E-state index contributed by atoms with van der Waals surface area (Å²) in [5.74, 6) is 1.06. The van der Waals surface area contributed by atoms with Gasteiger partial charge in [-0.15, -0.1) is 0 Å². The Kier molecular flexibility index (Phi) is 4.88. The van der Waals surface area contributed by atoms with Crippen molar-refractivity contribution in [3.05, 3.63) is 31.4 Å². The molecule has 0 aromatic heterocycles. The van der Waals surface area contributed by atoms with Gasteiger partial charge < -0.3 is 4.37 Å². The molecule has 1 atom stereocenters. The van der Waals surface area contributed by atoms with E-state index in [1.165, 1.54) is 0 Å². The third-order valence-corrected chi connectivity index (χ3v) is 1.77. The maximum absolute atomic E-state index is 3.71. The van der Waals surface area contributed by atoms with Gasteiger partial charge in [-0.1, -0.05) is 21.4 Å². The molecule has 0 bridgehead atoms. The van der Waals surface area contributed by atoms with Crippen LogP contribution in [0.4, 0.5) is 0 Å². The van der Waals surface area contributed by atoms with E-state index in [4.69, 9.17) is 0 Å². The quantitative estimate of drug-likeness (QED) is 0.312. The second-order valence-corrected chi connectivity index (χ2v) is 2.80. The summed E-state index contributed by atoms with van der Waals surface area (Å²) in [6, 6.07) is 8.00. The van der Waals surface area contributed by atoms with Gasteiger partial charge in [-0.25, -0.2) is 0 Å². The van der Waals surface area contributed by atoms with Crippen LogP contribution in [-0.2, 0) is 23.8 Å². The minimum atomic E-state index is 0. The summed E-state index contributed by atoms with van der Waals surface area (Å²) < 4.78 is 2.58. The van der Waals surface area contributed by atoms with E-state index in [1.807, 2.05) is 31.4 Å². The van der Waals surface area contributed by atoms with Crippen LogP contribution in [0.1, 0.15) is 0 Å². The van der Waals surface area contributed by atoms with Gasteiger partial charge in [-0.05, 0) is 13.2 Å². The standard InChI is InChI=1S/C8H11OP.Rh/c1-9(2)7-5-3-4-6-8(7)10;/h3-6H,1,10H2,2H3;/q;+2. The number of hydrogen-bond acceptors (Lipinski definition) is 0. The summed E-state index contributed by atoms with van der Waals surface area (Å²) in [7, 11) is 8.21. The molecule has 0 N–H and O–H groups in total. The van der Waals surface area contributed by atoms with Crippen molar-refractivity contribution in [2.45, 2.75) is 0 Å². The number of benzene rings is 1. The zero-order valence-corrected chi connectivity index (χ0v) is 9.13. The third kappa shape index (κ3) is 2.89. The normalized spacial score (nSPS) is 8.64. The molecule has 1 aromatic rings. The van der Waals surface area contributed by atoms with E-state index in [0.29, 0.717) is 0 Å². The van der Waals surface area contributed by atoms with Gasteiger partial charge in [-0.3, -0.25) is 0 Å². The van der Waals surface area contributed by atoms with Crippen LogP contribution in [-0.4, -0.2) is 7.11 Å². The first kappa shape index (κ1) is 11.1. The summed E-state index contributed by atoms with van der Waals surface area (Å²) in [5.41, 5.74) is 0. The molecule has 1 unspecified atom stereocenters. The van der Waals surface area contributed by atoms with Gasteiger partial charge >= 0.3 is 19.5 Å². The van der Waals surface area contributed by atoms with E-state index >= 15 is 0 Å². The van der Waals surface area contributed by atoms with Gasteiger partial charge in [0, 0.05) is 6.07 Å². The summed E-state index contributed by atoms with van der Waals surface area (Å²) in [4.78, 5) is 0. The fourth-order valence-corrected chi connectivity index (χ4v) is 1.21. The topological polar surface area (TPSA) is 2.70 Å². The molecule has 0 spiro atoms. The molecular weight excluding hydrogens is 246 g/mol. The molecule has 0 fully saturated rings. The van der Waals surface area contributed by atoms with Crippen LogP contribution in [0.25, 0.3) is 0 Å². The number of hydrogen-bond donors (Lipinski definition) is 0. The minimum absolute atomic E-state index is 0. The molecule has 0 aliphatic heterocycles. The van der Waals surface area contributed by atoms with Crippen molar-refractivity contribution in [1.82, 2.24) is 0 Å². The van der Waals surface area contributed by atoms with Crippen molar-refractivity contribution in [2.24, 2.45) is 0 Å². The first-order valence-corrected chi connectivity index (χ1v) is 3.59. The van der Waals surface area contributed by atoms with Gasteiger partial charge in [0.1, 0.15) is 7.11 Å². The Bertz CT molecular complexity index is 225. The Morgan fingerprint density at radius 2 is 1.91 bits per heavy atom. The van der Waals surface area contributed by atoms with E-state index in [-0.39, 0.29) is 19.5 Å². The molecule has 1 aromatic carbocycles. The summed E-state index contributed by atoms with van der Waals surface area (Å²) >= 11 is 0. The first-order valence-electron chi connectivity index (χ1n) is 3.02. The van der Waals surface area contributed by atoms with Crippen molar-refractivity contribution < 1.29 is 23.8 Å². The Morgan fingerprint density at radius 3 is 2.27 bits per heavy atom. The number of rotatable bonds is 1. The van der Waals surface area contributed by atoms with Crippen molar-refractivity contribution >= 4 is 14.5 Å². The fourth-order valence-electron chi connectivity index (χ4n) is 0.798. The minimum Gasteiger partial charge on any atom is -0.713 e. The van der Waals surface area contributed by atoms with Crippen LogP contribution in [0.15, 0.2) is 24.3 Å². The van der Waals surface area contributed by atoms with Gasteiger partial charge in [0.25, 0.3) is 0 Å². The molecule has 3 heteroatoms. The van der Waals surface area contributed by atoms with Crippen LogP contribution in [0.5, 0.6) is 5.75 Å². The second kappa shape index (κ2) is 4.85. The van der Waals surface area contributed by atoms with Crippen molar-refractivity contribution in [3.63, 3.8) is 0 Å². The van der Waals surface area contributed by atoms with Crippen LogP contribution in [0, 0.1) is 7.11 Å². The van der Waals surface area contributed by atoms with E-state index < -0.39 is 0 Å². The molecule has 1 rings (SSSR count). The van der Waals surface area contributed by atoms with E-state index in [9.17, 15) is 0 Å². The van der Waals surface area contributed by atoms with Crippen LogP contribution in [0.3, 0.4) is 0 Å². The maximum atomic E-state index is 3.71. The van der Waals surface area contributed by atoms with Crippen molar-refractivity contribution in [3.8, 4) is 5.75 Å². The molecule has 0 amide bonds. The largest absolute Gasteiger partial charge is 2.00 e. The SMILES string of the molecule is [CH2-][O+](C)c1ccccc1P.[Rh+2]. The Balaban J connectivity index is 0.000001000. The smallest absolute Gasteiger partial charge is 0.713 e. The number of para-hydroxylation sites is 1. The van der Waals surface area contributed by atoms with Gasteiger partial charge in [0.15, 0.2) is 0 Å². The van der Waals surface area contributed by atoms with E-state index in [1.54, 1.807) is 0 Å². The first-order chi connectivity index (χ1) is 4.72. The van der Waals surface area contributed by atoms with Crippen LogP contribution < -0.4 is 5.30 Å². The predicted molar refractivity (Wildman–Crippen MR) is 47.6 cm³/mol. The average Bonchev–Trinajstić information content (AvgIpc) is 1.88. The van der Waals surface area contributed by atoms with Crippen LogP contribution >= 0.6 is 9.24 Å². The Hall–Kier alpha value is 0.0734. The molecule has 1 nitrogen and oxygen atoms in total. The van der Waals surface area contributed by atoms with Gasteiger partial charge in [-0.2, -0.15) is 0 Å². The summed E-state index contributed by atoms with van der Waals surface area (Å²) in [5, 5.41) is 1.14. The average molecular weight is 257 g/mol. The maximum Gasteiger partial charge on any atom is 2.00 e. The molecule has 0 saturated heterocycles. The van der Waals surface area contributed by atoms with E-state index in [0.717, 1.165) is 11.1 Å². The van der Waals surface area contributed by atoms with Crippen LogP contribution in [0.2, 0.25) is 0 Å². The Labute approximate surface area is 82.8 Å². The van der Waals surface area contributed by atoms with Crippen molar-refractivity contribution in [1.29, 1.82) is 0 Å². The predicted octanol–water partition coefficient (Wildman–Crippen LogP) is 1.87. The molecule has 11 heavy (non-hydrogen) atoms. The second-order valence-electron chi connectivity index (χ2n) is 2.17. The zero-order valence-electron chi connectivity index (χ0n) is 6.34. The summed E-state index contributed by atoms with van der Waals surface area (Å²) in [6.07, 6.45) is 0. The van der Waals surface area contributed by atoms with E-state index in [2.05, 4.69) is 20.7 Å². The molecule has 1 radical (unpaired) electrons. The van der Waals surface area contributed by atoms with Gasteiger partial charge in [0.05, 0.1) is 5.30 Å². The fraction of sp³-hybridized carbons (Fsp3) is 0.125. The summed E-state index contributed by atoms with van der Waals surface area (Å²) in [6.45, 7) is 0. The molecule has 0 aliphatic carbocycles. The van der Waals surface area contributed by atoms with Crippen molar-refractivity contribution in [2.75, 3.05) is 7.11 Å². The zero-order chi connectivity index (χ0) is 7.56. The molecular formula is C8H11OPRh+2. The van der Waals surface area contributed by atoms with Gasteiger partial charge in [0.2, 0.25) is 5.75 Å². The molecule has 0 saturated carbocycles. The monoisotopic (exact) mass is 257 g/mol. The third-order valence-electron chi connectivity index (χ3n) is 1.29. The molecule has 61 valence electrons. The molecule has 0 heterocycles. The molecule has 0 aliphatic rings.